The first-order valence-electron chi connectivity index (χ1n) is 14.6. The minimum Gasteiger partial charge on any atom is -0.205 e. The van der Waals surface area contributed by atoms with E-state index in [9.17, 15) is 0 Å². The predicted octanol–water partition coefficient (Wildman–Crippen LogP) is 10.2. The summed E-state index contributed by atoms with van der Waals surface area (Å²) in [5.41, 5.74) is 4.02. The van der Waals surface area contributed by atoms with Crippen LogP contribution in [0.3, 0.4) is 0 Å². The van der Waals surface area contributed by atoms with E-state index in [1.807, 2.05) is 31.2 Å². The summed E-state index contributed by atoms with van der Waals surface area (Å²) < 4.78 is 15.1. The Balaban J connectivity index is 1.30. The first-order chi connectivity index (χ1) is 18.2. The van der Waals surface area contributed by atoms with Crippen LogP contribution in [0, 0.1) is 29.5 Å². The van der Waals surface area contributed by atoms with Gasteiger partial charge in [0, 0.05) is 10.9 Å². The molecule has 194 valence electrons. The highest BCUT2D eigenvalue weighted by Gasteiger charge is 2.20. The third-order valence-corrected chi connectivity index (χ3v) is 8.17. The lowest BCUT2D eigenvalue weighted by Gasteiger charge is -2.28. The van der Waals surface area contributed by atoms with Crippen molar-refractivity contribution < 1.29 is 4.39 Å². The summed E-state index contributed by atoms with van der Waals surface area (Å²) in [6.45, 7) is 4.33. The maximum atomic E-state index is 15.1. The van der Waals surface area contributed by atoms with Gasteiger partial charge < -0.3 is 0 Å². The number of unbranched alkanes of at least 4 members (excludes halogenated alkanes) is 2. The molecule has 0 amide bonds. The van der Waals surface area contributed by atoms with E-state index < -0.39 is 0 Å². The van der Waals surface area contributed by atoms with E-state index in [0.717, 1.165) is 42.0 Å². The summed E-state index contributed by atoms with van der Waals surface area (Å²) in [5.74, 6) is 7.90. The van der Waals surface area contributed by atoms with Crippen LogP contribution >= 0.6 is 0 Å². The standard InChI is InChI=1S/C36H43F/c1-3-5-7-9-28-11-13-29(14-12-28)15-16-30-17-19-31(20-18-30)21-23-33-24-25-34-27-32(10-8-6-4-2)22-26-35(34)36(33)37/h4,6,17-20,22,24-29H,3,5,7-16H2,1-2H3/b6-4+. The summed E-state index contributed by atoms with van der Waals surface area (Å²) in [7, 11) is 0. The van der Waals surface area contributed by atoms with Gasteiger partial charge in [0.2, 0.25) is 0 Å². The monoisotopic (exact) mass is 494 g/mol. The molecule has 1 aliphatic carbocycles. The van der Waals surface area contributed by atoms with Crippen molar-refractivity contribution in [3.8, 4) is 11.8 Å². The van der Waals surface area contributed by atoms with Gasteiger partial charge in [0.15, 0.2) is 0 Å². The van der Waals surface area contributed by atoms with Crippen LogP contribution in [0.25, 0.3) is 10.8 Å². The second-order valence-electron chi connectivity index (χ2n) is 11.0. The maximum absolute atomic E-state index is 15.1. The molecule has 0 spiro atoms. The Kier molecular flexibility index (Phi) is 10.4. The van der Waals surface area contributed by atoms with E-state index in [0.29, 0.717) is 10.9 Å². The fourth-order valence-corrected chi connectivity index (χ4v) is 5.77. The molecule has 0 unspecified atom stereocenters. The minimum atomic E-state index is -0.221. The second-order valence-corrected chi connectivity index (χ2v) is 11.0. The minimum absolute atomic E-state index is 0.221. The molecule has 1 fully saturated rings. The topological polar surface area (TPSA) is 0 Å². The second kappa shape index (κ2) is 14.2. The SMILES string of the molecule is C/C=C/CCc1ccc2c(F)c(C#Cc3ccc(CCC4CCC(CCCCC)CC4)cc3)ccc2c1. The molecule has 0 saturated heterocycles. The molecular weight excluding hydrogens is 451 g/mol. The van der Waals surface area contributed by atoms with E-state index in [1.165, 1.54) is 68.9 Å². The van der Waals surface area contributed by atoms with Gasteiger partial charge in [-0.2, -0.15) is 0 Å². The Bertz CT molecular complexity index is 1210. The molecular formula is C36H43F. The highest BCUT2D eigenvalue weighted by Crippen LogP contribution is 2.34. The lowest BCUT2D eigenvalue weighted by molar-refractivity contribution is 0.249. The molecule has 1 aliphatic rings. The molecule has 37 heavy (non-hydrogen) atoms. The molecule has 0 aliphatic heterocycles. The van der Waals surface area contributed by atoms with Crippen LogP contribution in [0.1, 0.15) is 100 Å². The van der Waals surface area contributed by atoms with Crippen molar-refractivity contribution in [3.05, 3.63) is 94.8 Å². The molecule has 4 rings (SSSR count). The molecule has 0 heterocycles. The quantitative estimate of drug-likeness (QED) is 0.149. The maximum Gasteiger partial charge on any atom is 0.146 e. The van der Waals surface area contributed by atoms with Crippen molar-refractivity contribution in [3.63, 3.8) is 0 Å². The zero-order chi connectivity index (χ0) is 25.9. The highest BCUT2D eigenvalue weighted by molar-refractivity contribution is 5.85. The number of aryl methyl sites for hydroxylation is 2. The predicted molar refractivity (Wildman–Crippen MR) is 157 cm³/mol. The Hall–Kier alpha value is -2.85. The third-order valence-electron chi connectivity index (χ3n) is 8.17. The summed E-state index contributed by atoms with van der Waals surface area (Å²) in [6.07, 6.45) is 20.0. The fourth-order valence-electron chi connectivity index (χ4n) is 5.77. The van der Waals surface area contributed by atoms with Crippen LogP contribution in [0.2, 0.25) is 0 Å². The zero-order valence-electron chi connectivity index (χ0n) is 22.9. The summed E-state index contributed by atoms with van der Waals surface area (Å²) in [5, 5.41) is 1.59. The smallest absolute Gasteiger partial charge is 0.146 e. The summed E-state index contributed by atoms with van der Waals surface area (Å²) in [6, 6.07) is 18.4. The summed E-state index contributed by atoms with van der Waals surface area (Å²) >= 11 is 0. The Labute approximate surface area is 224 Å². The first kappa shape index (κ1) is 27.2. The number of allylic oxidation sites excluding steroid dienone is 2. The molecule has 1 saturated carbocycles. The van der Waals surface area contributed by atoms with Crippen molar-refractivity contribution >= 4 is 10.8 Å². The van der Waals surface area contributed by atoms with Crippen molar-refractivity contribution in [2.45, 2.75) is 90.9 Å². The molecule has 0 nitrogen and oxygen atoms in total. The number of hydrogen-bond acceptors (Lipinski definition) is 0. The molecule has 0 atom stereocenters. The van der Waals surface area contributed by atoms with Crippen LogP contribution in [-0.2, 0) is 12.8 Å². The zero-order valence-corrected chi connectivity index (χ0v) is 22.9. The number of rotatable bonds is 10. The molecule has 3 aromatic rings. The van der Waals surface area contributed by atoms with Crippen LogP contribution < -0.4 is 0 Å². The number of benzene rings is 3. The molecule has 3 aromatic carbocycles. The molecule has 0 aromatic heterocycles. The Morgan fingerprint density at radius 3 is 2.27 bits per heavy atom. The number of fused-ring (bicyclic) bond motifs is 1. The van der Waals surface area contributed by atoms with E-state index in [1.54, 1.807) is 0 Å². The van der Waals surface area contributed by atoms with E-state index in [4.69, 9.17) is 0 Å². The third kappa shape index (κ3) is 8.07. The van der Waals surface area contributed by atoms with Crippen molar-refractivity contribution in [2.75, 3.05) is 0 Å². The average molecular weight is 495 g/mol. The van der Waals surface area contributed by atoms with Gasteiger partial charge in [0.05, 0.1) is 5.56 Å². The molecule has 0 radical (unpaired) electrons. The largest absolute Gasteiger partial charge is 0.205 e. The lowest BCUT2D eigenvalue weighted by Crippen LogP contribution is -2.15. The fraction of sp³-hybridized carbons (Fsp3) is 0.444. The Morgan fingerprint density at radius 1 is 0.811 bits per heavy atom. The molecule has 1 heteroatoms. The van der Waals surface area contributed by atoms with Gasteiger partial charge in [0.25, 0.3) is 0 Å². The van der Waals surface area contributed by atoms with Crippen LogP contribution in [0.5, 0.6) is 0 Å². The Morgan fingerprint density at radius 2 is 1.54 bits per heavy atom. The highest BCUT2D eigenvalue weighted by atomic mass is 19.1. The van der Waals surface area contributed by atoms with Gasteiger partial charge in [-0.25, -0.2) is 4.39 Å². The van der Waals surface area contributed by atoms with Gasteiger partial charge >= 0.3 is 0 Å². The van der Waals surface area contributed by atoms with Crippen molar-refractivity contribution in [1.82, 2.24) is 0 Å². The lowest BCUT2D eigenvalue weighted by atomic mass is 9.78. The van der Waals surface area contributed by atoms with Crippen LogP contribution in [0.15, 0.2) is 66.7 Å². The van der Waals surface area contributed by atoms with E-state index >= 15 is 4.39 Å². The normalized spacial score (nSPS) is 17.7. The van der Waals surface area contributed by atoms with Crippen LogP contribution in [0.4, 0.5) is 4.39 Å². The van der Waals surface area contributed by atoms with Gasteiger partial charge in [0.1, 0.15) is 5.82 Å². The molecule has 0 bridgehead atoms. The van der Waals surface area contributed by atoms with E-state index in [2.05, 4.69) is 61.2 Å². The van der Waals surface area contributed by atoms with E-state index in [-0.39, 0.29) is 5.82 Å². The first-order valence-corrected chi connectivity index (χ1v) is 14.6. The number of halogens is 1. The van der Waals surface area contributed by atoms with Gasteiger partial charge in [-0.1, -0.05) is 119 Å². The van der Waals surface area contributed by atoms with Gasteiger partial charge in [-0.15, -0.1) is 0 Å². The number of hydrogen-bond donors (Lipinski definition) is 0. The van der Waals surface area contributed by atoms with Gasteiger partial charge in [-0.05, 0) is 79.2 Å². The average Bonchev–Trinajstić information content (AvgIpc) is 2.93. The molecule has 0 N–H and O–H groups in total. The van der Waals surface area contributed by atoms with Crippen LogP contribution in [-0.4, -0.2) is 0 Å². The van der Waals surface area contributed by atoms with Crippen molar-refractivity contribution in [2.24, 2.45) is 11.8 Å². The summed E-state index contributed by atoms with van der Waals surface area (Å²) in [4.78, 5) is 0. The van der Waals surface area contributed by atoms with Gasteiger partial charge in [-0.3, -0.25) is 0 Å². The van der Waals surface area contributed by atoms with Crippen molar-refractivity contribution in [1.29, 1.82) is 0 Å².